The second kappa shape index (κ2) is 4.96. The van der Waals surface area contributed by atoms with Crippen LogP contribution in [0.2, 0.25) is 0 Å². The molecule has 0 saturated carbocycles. The lowest BCUT2D eigenvalue weighted by molar-refractivity contribution is 0.288. The summed E-state index contributed by atoms with van der Waals surface area (Å²) in [6.07, 6.45) is 1.11. The van der Waals surface area contributed by atoms with Crippen LogP contribution in [-0.2, 0) is 6.42 Å². The van der Waals surface area contributed by atoms with E-state index in [4.69, 9.17) is 9.84 Å². The fourth-order valence-corrected chi connectivity index (χ4v) is 1.38. The van der Waals surface area contributed by atoms with Gasteiger partial charge in [0.2, 0.25) is 0 Å². The Kier molecular flexibility index (Phi) is 3.89. The smallest absolute Gasteiger partial charge is 0.126 e. The summed E-state index contributed by atoms with van der Waals surface area (Å²) in [5, 5.41) is 8.65. The van der Waals surface area contributed by atoms with Gasteiger partial charge in [0.05, 0.1) is 7.11 Å². The van der Waals surface area contributed by atoms with Crippen LogP contribution < -0.4 is 4.74 Å². The predicted octanol–water partition coefficient (Wildman–Crippen LogP) is 2.07. The van der Waals surface area contributed by atoms with Crippen molar-refractivity contribution < 1.29 is 14.2 Å². The SMILES string of the molecule is COc1cc(CCCO)c(F)cc1C. The molecule has 1 rings (SSSR count). The van der Waals surface area contributed by atoms with Crippen LogP contribution in [0.1, 0.15) is 17.5 Å². The van der Waals surface area contributed by atoms with Gasteiger partial charge in [-0.3, -0.25) is 0 Å². The molecular formula is C11H15FO2. The minimum Gasteiger partial charge on any atom is -0.496 e. The molecular weight excluding hydrogens is 183 g/mol. The zero-order valence-corrected chi connectivity index (χ0v) is 8.51. The van der Waals surface area contributed by atoms with Crippen molar-refractivity contribution in [2.24, 2.45) is 0 Å². The minimum atomic E-state index is -0.225. The third kappa shape index (κ3) is 2.45. The molecule has 0 aromatic heterocycles. The van der Waals surface area contributed by atoms with Crippen LogP contribution in [0.5, 0.6) is 5.75 Å². The molecule has 0 aliphatic carbocycles. The summed E-state index contributed by atoms with van der Waals surface area (Å²) in [6.45, 7) is 1.88. The van der Waals surface area contributed by atoms with E-state index in [0.29, 0.717) is 24.2 Å². The zero-order valence-electron chi connectivity index (χ0n) is 8.51. The number of aliphatic hydroxyl groups is 1. The van der Waals surface area contributed by atoms with Crippen LogP contribution in [-0.4, -0.2) is 18.8 Å². The fraction of sp³-hybridized carbons (Fsp3) is 0.455. The Morgan fingerprint density at radius 3 is 2.71 bits per heavy atom. The van der Waals surface area contributed by atoms with Gasteiger partial charge in [-0.1, -0.05) is 0 Å². The third-order valence-electron chi connectivity index (χ3n) is 2.17. The summed E-state index contributed by atoms with van der Waals surface area (Å²) in [7, 11) is 1.57. The maximum atomic E-state index is 13.4. The Bertz CT molecular complexity index is 310. The maximum Gasteiger partial charge on any atom is 0.126 e. The number of hydrogen-bond donors (Lipinski definition) is 1. The van der Waals surface area contributed by atoms with Crippen LogP contribution in [0, 0.1) is 12.7 Å². The fourth-order valence-electron chi connectivity index (χ4n) is 1.38. The molecule has 3 heteroatoms. The number of halogens is 1. The molecule has 1 aromatic rings. The van der Waals surface area contributed by atoms with E-state index in [1.54, 1.807) is 20.1 Å². The monoisotopic (exact) mass is 198 g/mol. The van der Waals surface area contributed by atoms with Gasteiger partial charge in [0.25, 0.3) is 0 Å². The second-order valence-corrected chi connectivity index (χ2v) is 3.24. The van der Waals surface area contributed by atoms with Gasteiger partial charge in [0.15, 0.2) is 0 Å². The van der Waals surface area contributed by atoms with Gasteiger partial charge in [0.1, 0.15) is 11.6 Å². The first kappa shape index (κ1) is 11.0. The quantitative estimate of drug-likeness (QED) is 0.802. The van der Waals surface area contributed by atoms with Crippen molar-refractivity contribution in [2.75, 3.05) is 13.7 Å². The molecule has 0 aliphatic rings. The van der Waals surface area contributed by atoms with Gasteiger partial charge in [-0.2, -0.15) is 0 Å². The number of ether oxygens (including phenoxy) is 1. The van der Waals surface area contributed by atoms with Crippen molar-refractivity contribution in [3.8, 4) is 5.75 Å². The molecule has 0 fully saturated rings. The molecule has 0 heterocycles. The standard InChI is InChI=1S/C11H15FO2/c1-8-6-10(12)9(4-3-5-13)7-11(8)14-2/h6-7,13H,3-5H2,1-2H3. The molecule has 1 aromatic carbocycles. The Balaban J connectivity index is 2.92. The molecule has 2 nitrogen and oxygen atoms in total. The molecule has 78 valence electrons. The molecule has 0 spiro atoms. The van der Waals surface area contributed by atoms with Crippen LogP contribution in [0.15, 0.2) is 12.1 Å². The Morgan fingerprint density at radius 1 is 1.43 bits per heavy atom. The number of hydrogen-bond acceptors (Lipinski definition) is 2. The molecule has 0 radical (unpaired) electrons. The molecule has 0 unspecified atom stereocenters. The predicted molar refractivity (Wildman–Crippen MR) is 53.1 cm³/mol. The van der Waals surface area contributed by atoms with Gasteiger partial charge in [-0.15, -0.1) is 0 Å². The van der Waals surface area contributed by atoms with Gasteiger partial charge < -0.3 is 9.84 Å². The van der Waals surface area contributed by atoms with E-state index in [9.17, 15) is 4.39 Å². The lowest BCUT2D eigenvalue weighted by Crippen LogP contribution is -1.97. The van der Waals surface area contributed by atoms with Gasteiger partial charge in [-0.25, -0.2) is 4.39 Å². The van der Waals surface area contributed by atoms with E-state index in [1.165, 1.54) is 6.07 Å². The average molecular weight is 198 g/mol. The Hall–Kier alpha value is -1.09. The molecule has 0 aliphatic heterocycles. The Morgan fingerprint density at radius 2 is 2.14 bits per heavy atom. The number of rotatable bonds is 4. The van der Waals surface area contributed by atoms with E-state index in [2.05, 4.69) is 0 Å². The lowest BCUT2D eigenvalue weighted by Gasteiger charge is -2.08. The Labute approximate surface area is 83.3 Å². The van der Waals surface area contributed by atoms with Crippen molar-refractivity contribution in [1.82, 2.24) is 0 Å². The topological polar surface area (TPSA) is 29.5 Å². The highest BCUT2D eigenvalue weighted by atomic mass is 19.1. The first-order valence-corrected chi connectivity index (χ1v) is 4.63. The van der Waals surface area contributed by atoms with Gasteiger partial charge in [-0.05, 0) is 43.0 Å². The summed E-state index contributed by atoms with van der Waals surface area (Å²) in [4.78, 5) is 0. The first-order chi connectivity index (χ1) is 6.69. The minimum absolute atomic E-state index is 0.0790. The van der Waals surface area contributed by atoms with Crippen molar-refractivity contribution in [1.29, 1.82) is 0 Å². The van der Waals surface area contributed by atoms with Crippen molar-refractivity contribution in [3.05, 3.63) is 29.1 Å². The van der Waals surface area contributed by atoms with Crippen LogP contribution in [0.4, 0.5) is 4.39 Å². The van der Waals surface area contributed by atoms with Crippen LogP contribution in [0.3, 0.4) is 0 Å². The highest BCUT2D eigenvalue weighted by Gasteiger charge is 2.06. The molecule has 0 saturated heterocycles. The van der Waals surface area contributed by atoms with Crippen LogP contribution >= 0.6 is 0 Å². The maximum absolute atomic E-state index is 13.4. The summed E-state index contributed by atoms with van der Waals surface area (Å²) < 4.78 is 18.4. The summed E-state index contributed by atoms with van der Waals surface area (Å²) in [5.41, 5.74) is 1.39. The van der Waals surface area contributed by atoms with E-state index in [-0.39, 0.29) is 12.4 Å². The first-order valence-electron chi connectivity index (χ1n) is 4.63. The number of methoxy groups -OCH3 is 1. The third-order valence-corrected chi connectivity index (χ3v) is 2.17. The van der Waals surface area contributed by atoms with Crippen molar-refractivity contribution in [3.63, 3.8) is 0 Å². The van der Waals surface area contributed by atoms with Crippen molar-refractivity contribution in [2.45, 2.75) is 19.8 Å². The normalized spacial score (nSPS) is 10.3. The van der Waals surface area contributed by atoms with Gasteiger partial charge >= 0.3 is 0 Å². The van der Waals surface area contributed by atoms with E-state index in [0.717, 1.165) is 5.56 Å². The summed E-state index contributed by atoms with van der Waals surface area (Å²) in [6, 6.07) is 3.16. The summed E-state index contributed by atoms with van der Waals surface area (Å²) in [5.74, 6) is 0.469. The molecule has 0 atom stereocenters. The average Bonchev–Trinajstić information content (AvgIpc) is 2.17. The lowest BCUT2D eigenvalue weighted by atomic mass is 10.1. The molecule has 14 heavy (non-hydrogen) atoms. The van der Waals surface area contributed by atoms with Crippen molar-refractivity contribution >= 4 is 0 Å². The van der Waals surface area contributed by atoms with E-state index < -0.39 is 0 Å². The summed E-state index contributed by atoms with van der Waals surface area (Å²) >= 11 is 0. The number of aryl methyl sites for hydroxylation is 2. The molecule has 1 N–H and O–H groups in total. The van der Waals surface area contributed by atoms with Crippen LogP contribution in [0.25, 0.3) is 0 Å². The van der Waals surface area contributed by atoms with E-state index >= 15 is 0 Å². The molecule has 0 bridgehead atoms. The highest BCUT2D eigenvalue weighted by molar-refractivity contribution is 5.37. The van der Waals surface area contributed by atoms with E-state index in [1.807, 2.05) is 0 Å². The largest absolute Gasteiger partial charge is 0.496 e. The zero-order chi connectivity index (χ0) is 10.6. The van der Waals surface area contributed by atoms with Gasteiger partial charge in [0, 0.05) is 6.61 Å². The second-order valence-electron chi connectivity index (χ2n) is 3.24. The highest BCUT2D eigenvalue weighted by Crippen LogP contribution is 2.22. The number of aliphatic hydroxyl groups excluding tert-OH is 1. The number of benzene rings is 1. The molecule has 0 amide bonds.